The van der Waals surface area contributed by atoms with Crippen LogP contribution >= 0.6 is 0 Å². The van der Waals surface area contributed by atoms with Crippen molar-refractivity contribution in [2.75, 3.05) is 0 Å². The lowest BCUT2D eigenvalue weighted by Crippen LogP contribution is -1.85. The number of Topliss-reactive ketones (excluding diaryl/α,β-unsaturated/α-hetero) is 1. The van der Waals surface area contributed by atoms with E-state index in [-0.39, 0.29) is 17.4 Å². The molecule has 71 valence electrons. The molecule has 3 heteroatoms. The van der Waals surface area contributed by atoms with E-state index in [1.807, 2.05) is 0 Å². The minimum atomic E-state index is -0.376. The van der Waals surface area contributed by atoms with Gasteiger partial charge in [-0.15, -0.1) is 0 Å². The first-order chi connectivity index (χ1) is 6.58. The van der Waals surface area contributed by atoms with Crippen LogP contribution in [0.1, 0.15) is 23.0 Å². The molecule has 2 aromatic rings. The average molecular weight is 191 g/mol. The SMILES string of the molecule is [CH2]c1cc(F)cc2cc(C(C)=O)oc12. The summed E-state index contributed by atoms with van der Waals surface area (Å²) >= 11 is 0. The number of hydrogen-bond donors (Lipinski definition) is 0. The molecular formula is C11H8FO2. The third-order valence-electron chi connectivity index (χ3n) is 2.00. The molecule has 0 bridgehead atoms. The quantitative estimate of drug-likeness (QED) is 0.648. The summed E-state index contributed by atoms with van der Waals surface area (Å²) in [5.74, 6) is -0.324. The number of ketones is 1. The maximum Gasteiger partial charge on any atom is 0.194 e. The van der Waals surface area contributed by atoms with E-state index in [1.165, 1.54) is 25.1 Å². The van der Waals surface area contributed by atoms with Crippen molar-refractivity contribution < 1.29 is 13.6 Å². The maximum atomic E-state index is 12.9. The smallest absolute Gasteiger partial charge is 0.194 e. The molecule has 1 radical (unpaired) electrons. The molecule has 1 aromatic carbocycles. The van der Waals surface area contributed by atoms with Gasteiger partial charge in [0.25, 0.3) is 0 Å². The van der Waals surface area contributed by atoms with Crippen LogP contribution in [-0.4, -0.2) is 5.78 Å². The number of halogens is 1. The minimum Gasteiger partial charge on any atom is -0.453 e. The molecule has 0 aliphatic carbocycles. The highest BCUT2D eigenvalue weighted by molar-refractivity contribution is 5.96. The molecule has 0 saturated carbocycles. The summed E-state index contributed by atoms with van der Waals surface area (Å²) in [5.41, 5.74) is 0.920. The Morgan fingerprint density at radius 1 is 1.43 bits per heavy atom. The molecule has 0 amide bonds. The highest BCUT2D eigenvalue weighted by Gasteiger charge is 2.10. The van der Waals surface area contributed by atoms with Gasteiger partial charge < -0.3 is 4.42 Å². The second kappa shape index (κ2) is 2.94. The minimum absolute atomic E-state index is 0.180. The number of benzene rings is 1. The number of carbonyl (C=O) groups excluding carboxylic acids is 1. The molecular weight excluding hydrogens is 183 g/mol. The van der Waals surface area contributed by atoms with Crippen molar-refractivity contribution in [3.63, 3.8) is 0 Å². The Hall–Kier alpha value is -1.64. The summed E-state index contributed by atoms with van der Waals surface area (Å²) < 4.78 is 18.2. The molecule has 2 nitrogen and oxygen atoms in total. The zero-order chi connectivity index (χ0) is 10.3. The Labute approximate surface area is 80.3 Å². The molecule has 2 rings (SSSR count). The number of furan rings is 1. The van der Waals surface area contributed by atoms with Crippen LogP contribution in [-0.2, 0) is 0 Å². The van der Waals surface area contributed by atoms with Crippen LogP contribution in [0.15, 0.2) is 22.6 Å². The second-order valence-electron chi connectivity index (χ2n) is 3.15. The summed E-state index contributed by atoms with van der Waals surface area (Å²) in [4.78, 5) is 11.0. The van der Waals surface area contributed by atoms with Crippen LogP contribution in [0.4, 0.5) is 4.39 Å². The molecule has 0 fully saturated rings. The normalized spacial score (nSPS) is 10.8. The van der Waals surface area contributed by atoms with Gasteiger partial charge in [-0.2, -0.15) is 0 Å². The Balaban J connectivity index is 2.76. The van der Waals surface area contributed by atoms with E-state index in [1.54, 1.807) is 0 Å². The van der Waals surface area contributed by atoms with Crippen molar-refractivity contribution in [2.24, 2.45) is 0 Å². The number of rotatable bonds is 1. The van der Waals surface area contributed by atoms with Crippen molar-refractivity contribution >= 4 is 16.8 Å². The number of hydrogen-bond acceptors (Lipinski definition) is 2. The maximum absolute atomic E-state index is 12.9. The molecule has 0 spiro atoms. The second-order valence-corrected chi connectivity index (χ2v) is 3.15. The first-order valence-electron chi connectivity index (χ1n) is 4.14. The molecule has 1 heterocycles. The Bertz CT molecular complexity index is 511. The van der Waals surface area contributed by atoms with Crippen LogP contribution < -0.4 is 0 Å². The van der Waals surface area contributed by atoms with Crippen LogP contribution in [0.3, 0.4) is 0 Å². The summed E-state index contributed by atoms with van der Waals surface area (Å²) in [6.07, 6.45) is 0. The molecule has 14 heavy (non-hydrogen) atoms. The molecule has 0 N–H and O–H groups in total. The third kappa shape index (κ3) is 1.31. The van der Waals surface area contributed by atoms with Crippen molar-refractivity contribution in [2.45, 2.75) is 6.92 Å². The predicted octanol–water partition coefficient (Wildman–Crippen LogP) is 2.96. The number of carbonyl (C=O) groups is 1. The van der Waals surface area contributed by atoms with Crippen molar-refractivity contribution in [1.29, 1.82) is 0 Å². The summed E-state index contributed by atoms with van der Waals surface area (Å²) in [7, 11) is 0. The van der Waals surface area contributed by atoms with Crippen LogP contribution in [0.2, 0.25) is 0 Å². The summed E-state index contributed by atoms with van der Waals surface area (Å²) in [5, 5.41) is 0.570. The molecule has 0 atom stereocenters. The average Bonchev–Trinajstić information content (AvgIpc) is 2.47. The Morgan fingerprint density at radius 2 is 2.14 bits per heavy atom. The lowest BCUT2D eigenvalue weighted by molar-refractivity contribution is 0.0989. The fourth-order valence-electron chi connectivity index (χ4n) is 1.36. The van der Waals surface area contributed by atoms with E-state index < -0.39 is 0 Å². The fraction of sp³-hybridized carbons (Fsp3) is 0.0909. The number of fused-ring (bicyclic) bond motifs is 1. The van der Waals surface area contributed by atoms with Crippen LogP contribution in [0, 0.1) is 12.7 Å². The zero-order valence-electron chi connectivity index (χ0n) is 7.63. The van der Waals surface area contributed by atoms with Gasteiger partial charge in [-0.25, -0.2) is 4.39 Å². The largest absolute Gasteiger partial charge is 0.453 e. The zero-order valence-corrected chi connectivity index (χ0v) is 7.63. The van der Waals surface area contributed by atoms with Crippen LogP contribution in [0.25, 0.3) is 11.0 Å². The van der Waals surface area contributed by atoms with E-state index in [4.69, 9.17) is 4.42 Å². The first-order valence-corrected chi connectivity index (χ1v) is 4.14. The lowest BCUT2D eigenvalue weighted by Gasteiger charge is -1.93. The molecule has 0 aliphatic rings. The third-order valence-corrected chi connectivity index (χ3v) is 2.00. The molecule has 0 saturated heterocycles. The fourth-order valence-corrected chi connectivity index (χ4v) is 1.36. The molecule has 0 aliphatic heterocycles. The van der Waals surface area contributed by atoms with E-state index in [0.717, 1.165) is 0 Å². The topological polar surface area (TPSA) is 30.2 Å². The predicted molar refractivity (Wildman–Crippen MR) is 50.6 cm³/mol. The summed E-state index contributed by atoms with van der Waals surface area (Å²) in [6, 6.07) is 4.12. The van der Waals surface area contributed by atoms with Gasteiger partial charge in [-0.1, -0.05) is 0 Å². The van der Waals surface area contributed by atoms with E-state index in [0.29, 0.717) is 16.5 Å². The van der Waals surface area contributed by atoms with Gasteiger partial charge >= 0.3 is 0 Å². The monoisotopic (exact) mass is 191 g/mol. The summed E-state index contributed by atoms with van der Waals surface area (Å²) in [6.45, 7) is 5.04. The molecule has 1 aromatic heterocycles. The van der Waals surface area contributed by atoms with Gasteiger partial charge in [-0.05, 0) is 30.7 Å². The van der Waals surface area contributed by atoms with Crippen LogP contribution in [0.5, 0.6) is 0 Å². The van der Waals surface area contributed by atoms with Gasteiger partial charge in [-0.3, -0.25) is 4.79 Å². The first kappa shape index (κ1) is 8.94. The lowest BCUT2D eigenvalue weighted by atomic mass is 10.1. The van der Waals surface area contributed by atoms with Crippen molar-refractivity contribution in [3.05, 3.63) is 42.3 Å². The highest BCUT2D eigenvalue weighted by atomic mass is 19.1. The standard InChI is InChI=1S/C11H8FO2/c1-6-3-9(12)4-8-5-10(7(2)13)14-11(6)8/h3-5H,1H2,2H3. The van der Waals surface area contributed by atoms with Gasteiger partial charge in [0.2, 0.25) is 0 Å². The Morgan fingerprint density at radius 3 is 2.79 bits per heavy atom. The van der Waals surface area contributed by atoms with Gasteiger partial charge in [0.05, 0.1) is 0 Å². The van der Waals surface area contributed by atoms with E-state index in [9.17, 15) is 9.18 Å². The van der Waals surface area contributed by atoms with E-state index in [2.05, 4.69) is 6.92 Å². The highest BCUT2D eigenvalue weighted by Crippen LogP contribution is 2.24. The van der Waals surface area contributed by atoms with Crippen molar-refractivity contribution in [3.8, 4) is 0 Å². The van der Waals surface area contributed by atoms with E-state index >= 15 is 0 Å². The van der Waals surface area contributed by atoms with Gasteiger partial charge in [0, 0.05) is 12.3 Å². The van der Waals surface area contributed by atoms with Gasteiger partial charge in [0.1, 0.15) is 11.4 Å². The van der Waals surface area contributed by atoms with Crippen molar-refractivity contribution in [1.82, 2.24) is 0 Å². The Kier molecular flexibility index (Phi) is 1.88. The molecule has 0 unspecified atom stereocenters. The van der Waals surface area contributed by atoms with Gasteiger partial charge in [0.15, 0.2) is 11.5 Å².